The van der Waals surface area contributed by atoms with E-state index < -0.39 is 34.5 Å². The molecule has 2 aromatic carbocycles. The number of hydrogen-bond donors (Lipinski definition) is 4. The standard InChI is InChI=1S/C60H85N5O12/c1-38(2)30-46(54-48(66)32-59(8,9)33-49(54)67)61-22-25-65(26-23-62-47(31-39(3)4)55-50(68)34-60(10,11)35-51(55)69)53(71)37-75-29-28-74-27-24-63-52(70)21-20-45(56(72)77-58(5,6)7)64-57(73)76-36-44-42-18-14-12-16-40(42)41-17-13-15-19-43(41)44/h12-19,38-39,44-45,61-62H,20-37H2,1-11H3,(H,63,70)(H,64,73)/t45-/m1/s1. The average molecular weight is 1070 g/mol. The van der Waals surface area contributed by atoms with Crippen molar-refractivity contribution in [2.75, 3.05) is 65.8 Å². The van der Waals surface area contributed by atoms with E-state index in [9.17, 15) is 38.4 Å². The monoisotopic (exact) mass is 1070 g/mol. The van der Waals surface area contributed by atoms with Crippen molar-refractivity contribution in [3.05, 3.63) is 82.2 Å². The van der Waals surface area contributed by atoms with Crippen molar-refractivity contribution >= 4 is 47.0 Å². The zero-order chi connectivity index (χ0) is 56.7. The Balaban J connectivity index is 1.10. The number of esters is 1. The maximum atomic E-state index is 13.8. The van der Waals surface area contributed by atoms with E-state index in [4.69, 9.17) is 18.9 Å². The molecule has 17 nitrogen and oxygen atoms in total. The number of nitrogens with one attached hydrogen (secondary N) is 4. The number of fused-ring (bicyclic) bond motifs is 3. The molecule has 3 aliphatic carbocycles. The van der Waals surface area contributed by atoms with E-state index >= 15 is 0 Å². The first-order valence-corrected chi connectivity index (χ1v) is 27.3. The largest absolute Gasteiger partial charge is 0.458 e. The summed E-state index contributed by atoms with van der Waals surface area (Å²) >= 11 is 0. The van der Waals surface area contributed by atoms with Crippen molar-refractivity contribution in [1.29, 1.82) is 0 Å². The van der Waals surface area contributed by atoms with E-state index in [0.717, 1.165) is 22.3 Å². The van der Waals surface area contributed by atoms with Crippen molar-refractivity contribution in [3.63, 3.8) is 0 Å². The number of hydrogen-bond acceptors (Lipinski definition) is 14. The number of carbonyl (C=O) groups excluding carboxylic acids is 8. The molecular formula is C60H85N5O12. The summed E-state index contributed by atoms with van der Waals surface area (Å²) in [5, 5.41) is 12.1. The lowest BCUT2D eigenvalue weighted by atomic mass is 9.73. The van der Waals surface area contributed by atoms with Crippen LogP contribution in [0.2, 0.25) is 0 Å². The lowest BCUT2D eigenvalue weighted by Gasteiger charge is -2.31. The fraction of sp³-hybridized carbons (Fsp3) is 0.600. The lowest BCUT2D eigenvalue weighted by Crippen LogP contribution is -2.45. The Kier molecular flexibility index (Phi) is 22.3. The molecule has 422 valence electrons. The molecular weight excluding hydrogens is 983 g/mol. The highest BCUT2D eigenvalue weighted by Crippen LogP contribution is 2.44. The van der Waals surface area contributed by atoms with Crippen LogP contribution >= 0.6 is 0 Å². The molecule has 5 rings (SSSR count). The first kappa shape index (κ1) is 61.7. The molecule has 2 saturated carbocycles. The first-order valence-electron chi connectivity index (χ1n) is 27.3. The summed E-state index contributed by atoms with van der Waals surface area (Å²) in [7, 11) is 0. The zero-order valence-electron chi connectivity index (χ0n) is 47.5. The van der Waals surface area contributed by atoms with Gasteiger partial charge in [-0.25, -0.2) is 9.59 Å². The minimum absolute atomic E-state index is 0.0415. The van der Waals surface area contributed by atoms with Crippen molar-refractivity contribution in [2.45, 2.75) is 145 Å². The van der Waals surface area contributed by atoms with Crippen LogP contribution in [0, 0.1) is 22.7 Å². The van der Waals surface area contributed by atoms with Crippen molar-refractivity contribution < 1.29 is 57.3 Å². The van der Waals surface area contributed by atoms with Gasteiger partial charge in [0.05, 0.1) is 31.0 Å². The number of carbonyl (C=O) groups is 8. The summed E-state index contributed by atoms with van der Waals surface area (Å²) < 4.78 is 22.7. The topological polar surface area (TPSA) is 225 Å². The molecule has 0 aromatic heterocycles. The van der Waals surface area contributed by atoms with Gasteiger partial charge in [0.25, 0.3) is 0 Å². The second kappa shape index (κ2) is 27.9. The minimum atomic E-state index is -1.15. The number of Topliss-reactive ketones (excluding diaryl/α,β-unsaturated/α-hetero) is 4. The van der Waals surface area contributed by atoms with Gasteiger partial charge in [0.1, 0.15) is 24.9 Å². The summed E-state index contributed by atoms with van der Waals surface area (Å²) in [5.74, 6) is -2.00. The van der Waals surface area contributed by atoms with E-state index in [2.05, 4.69) is 21.3 Å². The van der Waals surface area contributed by atoms with Crippen LogP contribution in [0.3, 0.4) is 0 Å². The molecule has 0 bridgehead atoms. The highest BCUT2D eigenvalue weighted by atomic mass is 16.6. The summed E-state index contributed by atoms with van der Waals surface area (Å²) in [6.07, 6.45) is 1.10. The highest BCUT2D eigenvalue weighted by molar-refractivity contribution is 6.23. The van der Waals surface area contributed by atoms with Crippen LogP contribution in [-0.2, 0) is 52.5 Å². The van der Waals surface area contributed by atoms with E-state index in [1.165, 1.54) is 0 Å². The number of amides is 3. The third-order valence-electron chi connectivity index (χ3n) is 13.4. The molecule has 2 fully saturated rings. The fourth-order valence-electron chi connectivity index (χ4n) is 10.1. The zero-order valence-corrected chi connectivity index (χ0v) is 47.5. The van der Waals surface area contributed by atoms with Gasteiger partial charge in [-0.15, -0.1) is 0 Å². The van der Waals surface area contributed by atoms with Gasteiger partial charge in [0.15, 0.2) is 23.1 Å². The molecule has 77 heavy (non-hydrogen) atoms. The van der Waals surface area contributed by atoms with Crippen molar-refractivity contribution in [3.8, 4) is 11.1 Å². The second-order valence-corrected chi connectivity index (χ2v) is 24.0. The molecule has 1 atom stereocenters. The number of alkyl carbamates (subject to hydrolysis) is 1. The van der Waals surface area contributed by atoms with Gasteiger partial charge in [-0.1, -0.05) is 104 Å². The predicted molar refractivity (Wildman–Crippen MR) is 293 cm³/mol. The SMILES string of the molecule is CC(C)CC(NCCN(CCNC(CC(C)C)=C1C(=O)CC(C)(C)CC1=O)C(=O)COCCOCCNC(=O)CC[C@@H](NC(=O)OCC1c2ccccc2-c2ccccc21)C(=O)OC(C)(C)C)=C1C(=O)CC(C)(C)CC1=O. The molecule has 0 unspecified atom stereocenters. The summed E-state index contributed by atoms with van der Waals surface area (Å²) in [4.78, 5) is 108. The van der Waals surface area contributed by atoms with Gasteiger partial charge in [-0.3, -0.25) is 28.8 Å². The second-order valence-electron chi connectivity index (χ2n) is 24.0. The van der Waals surface area contributed by atoms with E-state index in [1.807, 2.05) is 104 Å². The molecule has 2 aromatic rings. The van der Waals surface area contributed by atoms with Crippen LogP contribution in [0.5, 0.6) is 0 Å². The quantitative estimate of drug-likeness (QED) is 0.0292. The third kappa shape index (κ3) is 19.0. The first-order chi connectivity index (χ1) is 36.2. The number of rotatable bonds is 27. The van der Waals surface area contributed by atoms with E-state index in [-0.39, 0.29) is 168 Å². The Bertz CT molecular complexity index is 2370. The number of nitrogens with zero attached hydrogens (tertiary/aromatic N) is 1. The molecule has 17 heteroatoms. The number of benzene rings is 2. The van der Waals surface area contributed by atoms with Crippen LogP contribution in [0.25, 0.3) is 11.1 Å². The van der Waals surface area contributed by atoms with Gasteiger partial charge >= 0.3 is 12.1 Å². The Hall–Kier alpha value is -6.20. The maximum absolute atomic E-state index is 13.8. The normalized spacial score (nSPS) is 16.4. The minimum Gasteiger partial charge on any atom is -0.458 e. The Morgan fingerprint density at radius 1 is 0.649 bits per heavy atom. The van der Waals surface area contributed by atoms with E-state index in [0.29, 0.717) is 24.2 Å². The molecule has 3 amide bonds. The Morgan fingerprint density at radius 2 is 1.12 bits per heavy atom. The van der Waals surface area contributed by atoms with Crippen LogP contribution in [0.15, 0.2) is 71.1 Å². The molecule has 3 aliphatic rings. The van der Waals surface area contributed by atoms with Gasteiger partial charge < -0.3 is 45.1 Å². The Labute approximate surface area is 455 Å². The number of allylic oxidation sites excluding steroid dienone is 4. The summed E-state index contributed by atoms with van der Waals surface area (Å²) in [6.45, 7) is 22.0. The van der Waals surface area contributed by atoms with Gasteiger partial charge in [0, 0.05) is 82.1 Å². The number of ketones is 4. The van der Waals surface area contributed by atoms with Gasteiger partial charge in [-0.2, -0.15) is 0 Å². The average Bonchev–Trinajstić information content (AvgIpc) is 3.64. The van der Waals surface area contributed by atoms with Crippen molar-refractivity contribution in [1.82, 2.24) is 26.2 Å². The molecule has 4 N–H and O–H groups in total. The number of ether oxygens (including phenoxy) is 4. The van der Waals surface area contributed by atoms with Crippen LogP contribution < -0.4 is 21.3 Å². The molecule has 0 saturated heterocycles. The highest BCUT2D eigenvalue weighted by Gasteiger charge is 2.39. The maximum Gasteiger partial charge on any atom is 0.407 e. The lowest BCUT2D eigenvalue weighted by molar-refractivity contribution is -0.157. The fourth-order valence-corrected chi connectivity index (χ4v) is 10.1. The van der Waals surface area contributed by atoms with E-state index in [1.54, 1.807) is 25.7 Å². The summed E-state index contributed by atoms with van der Waals surface area (Å²) in [6, 6.07) is 14.8. The smallest absolute Gasteiger partial charge is 0.407 e. The van der Waals surface area contributed by atoms with Crippen LogP contribution in [0.4, 0.5) is 4.79 Å². The van der Waals surface area contributed by atoms with Crippen molar-refractivity contribution in [2.24, 2.45) is 22.7 Å². The third-order valence-corrected chi connectivity index (χ3v) is 13.4. The van der Waals surface area contributed by atoms with Gasteiger partial charge in [0.2, 0.25) is 11.8 Å². The van der Waals surface area contributed by atoms with Gasteiger partial charge in [-0.05, 0) is 85.0 Å². The Morgan fingerprint density at radius 3 is 1.58 bits per heavy atom. The summed E-state index contributed by atoms with van der Waals surface area (Å²) in [5.41, 5.74) is 4.17. The molecule has 0 aliphatic heterocycles. The molecule has 0 heterocycles. The predicted octanol–water partition coefficient (Wildman–Crippen LogP) is 7.69. The molecule has 0 spiro atoms. The molecule has 0 radical (unpaired) electrons. The van der Waals surface area contributed by atoms with Crippen LogP contribution in [-0.4, -0.2) is 129 Å². The van der Waals surface area contributed by atoms with Crippen LogP contribution in [0.1, 0.15) is 145 Å².